The molecule has 0 radical (unpaired) electrons. The Morgan fingerprint density at radius 3 is 2.50 bits per heavy atom. The van der Waals surface area contributed by atoms with Gasteiger partial charge in [-0.1, -0.05) is 11.6 Å². The lowest BCUT2D eigenvalue weighted by Gasteiger charge is -2.12. The standard InChI is InChI=1S/C13H10ClF3N2O/c1-20-11-6-8(14)2-4-10(11)19-9-3-5-12(18-7-9)13(15,16)17/h2-7,19H,1H3. The third-order valence-corrected chi connectivity index (χ3v) is 2.73. The Kier molecular flexibility index (Phi) is 4.04. The van der Waals surface area contributed by atoms with Crippen molar-refractivity contribution in [1.82, 2.24) is 4.98 Å². The lowest BCUT2D eigenvalue weighted by molar-refractivity contribution is -0.141. The van der Waals surface area contributed by atoms with E-state index in [0.717, 1.165) is 12.3 Å². The van der Waals surface area contributed by atoms with Crippen molar-refractivity contribution >= 4 is 23.0 Å². The minimum Gasteiger partial charge on any atom is -0.495 e. The fourth-order valence-corrected chi connectivity index (χ4v) is 1.72. The van der Waals surface area contributed by atoms with Crippen molar-refractivity contribution in [2.75, 3.05) is 12.4 Å². The third-order valence-electron chi connectivity index (χ3n) is 2.50. The Labute approximate surface area is 118 Å². The molecule has 106 valence electrons. The molecule has 1 aromatic heterocycles. The molecule has 0 saturated carbocycles. The molecule has 3 nitrogen and oxygen atoms in total. The summed E-state index contributed by atoms with van der Waals surface area (Å²) in [6.07, 6.45) is -3.34. The van der Waals surface area contributed by atoms with E-state index in [-0.39, 0.29) is 0 Å². The minimum atomic E-state index is -4.45. The SMILES string of the molecule is COc1cc(Cl)ccc1Nc1ccc(C(F)(F)F)nc1. The number of anilines is 2. The second-order valence-corrected chi connectivity index (χ2v) is 4.34. The Morgan fingerprint density at radius 2 is 1.95 bits per heavy atom. The number of rotatable bonds is 3. The summed E-state index contributed by atoms with van der Waals surface area (Å²) in [5.74, 6) is 0.484. The molecule has 0 aliphatic carbocycles. The smallest absolute Gasteiger partial charge is 0.433 e. The molecule has 1 N–H and O–H groups in total. The number of nitrogens with one attached hydrogen (secondary N) is 1. The molecule has 20 heavy (non-hydrogen) atoms. The van der Waals surface area contributed by atoms with E-state index in [2.05, 4.69) is 10.3 Å². The van der Waals surface area contributed by atoms with E-state index >= 15 is 0 Å². The van der Waals surface area contributed by atoms with Crippen LogP contribution in [0.2, 0.25) is 5.02 Å². The summed E-state index contributed by atoms with van der Waals surface area (Å²) in [7, 11) is 1.47. The fourth-order valence-electron chi connectivity index (χ4n) is 1.56. The Balaban J connectivity index is 2.22. The molecule has 0 aliphatic heterocycles. The van der Waals surface area contributed by atoms with Crippen LogP contribution in [0.1, 0.15) is 5.69 Å². The highest BCUT2D eigenvalue weighted by Gasteiger charge is 2.32. The van der Waals surface area contributed by atoms with Crippen molar-refractivity contribution in [3.05, 3.63) is 47.2 Å². The number of benzene rings is 1. The van der Waals surface area contributed by atoms with Crippen LogP contribution in [0.15, 0.2) is 36.5 Å². The van der Waals surface area contributed by atoms with Gasteiger partial charge in [0.1, 0.15) is 11.4 Å². The van der Waals surface area contributed by atoms with E-state index in [1.165, 1.54) is 13.2 Å². The maximum atomic E-state index is 12.4. The summed E-state index contributed by atoms with van der Waals surface area (Å²) in [5, 5.41) is 3.41. The van der Waals surface area contributed by atoms with Gasteiger partial charge in [-0.3, -0.25) is 0 Å². The van der Waals surface area contributed by atoms with E-state index < -0.39 is 11.9 Å². The number of hydrogen-bond donors (Lipinski definition) is 1. The van der Waals surface area contributed by atoms with E-state index in [9.17, 15) is 13.2 Å². The first-order valence-electron chi connectivity index (χ1n) is 5.54. The van der Waals surface area contributed by atoms with Crippen molar-refractivity contribution in [3.63, 3.8) is 0 Å². The highest BCUT2D eigenvalue weighted by Crippen LogP contribution is 2.31. The van der Waals surface area contributed by atoms with Crippen LogP contribution in [-0.2, 0) is 6.18 Å². The summed E-state index contributed by atoms with van der Waals surface area (Å²) >= 11 is 5.82. The molecule has 0 unspecified atom stereocenters. The summed E-state index contributed by atoms with van der Waals surface area (Å²) < 4.78 is 42.3. The molecular formula is C13H10ClF3N2O. The zero-order valence-electron chi connectivity index (χ0n) is 10.3. The van der Waals surface area contributed by atoms with Gasteiger partial charge in [-0.15, -0.1) is 0 Å². The van der Waals surface area contributed by atoms with Gasteiger partial charge in [0.15, 0.2) is 0 Å². The van der Waals surface area contributed by atoms with Crippen LogP contribution < -0.4 is 10.1 Å². The van der Waals surface area contributed by atoms with Crippen LogP contribution in [-0.4, -0.2) is 12.1 Å². The van der Waals surface area contributed by atoms with Crippen molar-refractivity contribution in [3.8, 4) is 5.75 Å². The summed E-state index contributed by atoms with van der Waals surface area (Å²) in [6.45, 7) is 0. The zero-order chi connectivity index (χ0) is 14.8. The maximum absolute atomic E-state index is 12.4. The molecule has 0 saturated heterocycles. The second-order valence-electron chi connectivity index (χ2n) is 3.90. The van der Waals surface area contributed by atoms with E-state index in [1.807, 2.05) is 0 Å². The van der Waals surface area contributed by atoms with Crippen LogP contribution in [0.4, 0.5) is 24.5 Å². The Morgan fingerprint density at radius 1 is 1.20 bits per heavy atom. The average Bonchev–Trinajstić information content (AvgIpc) is 2.40. The number of nitrogens with zero attached hydrogens (tertiary/aromatic N) is 1. The number of pyridine rings is 1. The van der Waals surface area contributed by atoms with Gasteiger partial charge in [0, 0.05) is 11.1 Å². The summed E-state index contributed by atoms with van der Waals surface area (Å²) in [4.78, 5) is 3.36. The topological polar surface area (TPSA) is 34.1 Å². The van der Waals surface area contributed by atoms with Crippen LogP contribution in [0.3, 0.4) is 0 Å². The van der Waals surface area contributed by atoms with Gasteiger partial charge < -0.3 is 10.1 Å². The number of halogens is 4. The molecule has 0 atom stereocenters. The fraction of sp³-hybridized carbons (Fsp3) is 0.154. The second kappa shape index (κ2) is 5.58. The van der Waals surface area contributed by atoms with Crippen molar-refractivity contribution in [2.45, 2.75) is 6.18 Å². The molecule has 0 fully saturated rings. The predicted octanol–water partition coefficient (Wildman–Crippen LogP) is 4.51. The molecule has 1 heterocycles. The van der Waals surface area contributed by atoms with Crippen molar-refractivity contribution in [2.24, 2.45) is 0 Å². The summed E-state index contributed by atoms with van der Waals surface area (Å²) in [5.41, 5.74) is 0.0585. The molecule has 2 rings (SSSR count). The van der Waals surface area contributed by atoms with Crippen LogP contribution in [0, 0.1) is 0 Å². The average molecular weight is 303 g/mol. The first-order valence-corrected chi connectivity index (χ1v) is 5.92. The quantitative estimate of drug-likeness (QED) is 0.906. The van der Waals surface area contributed by atoms with Crippen LogP contribution >= 0.6 is 11.6 Å². The van der Waals surface area contributed by atoms with Crippen molar-refractivity contribution in [1.29, 1.82) is 0 Å². The largest absolute Gasteiger partial charge is 0.495 e. The zero-order valence-corrected chi connectivity index (χ0v) is 11.1. The van der Waals surface area contributed by atoms with E-state index in [4.69, 9.17) is 16.3 Å². The van der Waals surface area contributed by atoms with Gasteiger partial charge >= 0.3 is 6.18 Å². The van der Waals surface area contributed by atoms with Crippen LogP contribution in [0.5, 0.6) is 5.75 Å². The highest BCUT2D eigenvalue weighted by molar-refractivity contribution is 6.30. The Hall–Kier alpha value is -1.95. The molecule has 2 aromatic rings. The molecule has 0 amide bonds. The molecule has 0 bridgehead atoms. The number of ether oxygens (including phenoxy) is 1. The van der Waals surface area contributed by atoms with Gasteiger partial charge in [-0.05, 0) is 24.3 Å². The third kappa shape index (κ3) is 3.33. The van der Waals surface area contributed by atoms with Crippen molar-refractivity contribution < 1.29 is 17.9 Å². The van der Waals surface area contributed by atoms with E-state index in [1.54, 1.807) is 18.2 Å². The van der Waals surface area contributed by atoms with Gasteiger partial charge in [0.05, 0.1) is 24.7 Å². The van der Waals surface area contributed by atoms with Gasteiger partial charge in [-0.2, -0.15) is 13.2 Å². The maximum Gasteiger partial charge on any atom is 0.433 e. The first kappa shape index (κ1) is 14.5. The Bertz CT molecular complexity index is 600. The number of alkyl halides is 3. The normalized spacial score (nSPS) is 11.2. The monoisotopic (exact) mass is 302 g/mol. The van der Waals surface area contributed by atoms with Crippen LogP contribution in [0.25, 0.3) is 0 Å². The molecular weight excluding hydrogens is 293 g/mol. The molecule has 0 spiro atoms. The molecule has 7 heteroatoms. The summed E-state index contributed by atoms with van der Waals surface area (Å²) in [6, 6.07) is 7.11. The molecule has 1 aromatic carbocycles. The number of aromatic nitrogens is 1. The lowest BCUT2D eigenvalue weighted by Crippen LogP contribution is -2.07. The predicted molar refractivity (Wildman–Crippen MR) is 70.5 cm³/mol. The minimum absolute atomic E-state index is 0.415. The number of hydrogen-bond acceptors (Lipinski definition) is 3. The lowest BCUT2D eigenvalue weighted by atomic mass is 10.2. The highest BCUT2D eigenvalue weighted by atomic mass is 35.5. The number of methoxy groups -OCH3 is 1. The van der Waals surface area contributed by atoms with Gasteiger partial charge in [0.25, 0.3) is 0 Å². The molecule has 0 aliphatic rings. The van der Waals surface area contributed by atoms with E-state index in [0.29, 0.717) is 22.1 Å². The first-order chi connectivity index (χ1) is 9.40. The van der Waals surface area contributed by atoms with Gasteiger partial charge in [-0.25, -0.2) is 4.98 Å². The van der Waals surface area contributed by atoms with Gasteiger partial charge in [0.2, 0.25) is 0 Å².